The molecule has 0 aliphatic heterocycles. The molecular formula is C14H15F3N2O2S. The lowest BCUT2D eigenvalue weighted by Gasteiger charge is -2.14. The average Bonchev–Trinajstić information content (AvgIpc) is 2.86. The van der Waals surface area contributed by atoms with Gasteiger partial charge in [0.05, 0.1) is 15.2 Å². The molecule has 0 saturated heterocycles. The second kappa shape index (κ2) is 7.06. The van der Waals surface area contributed by atoms with Crippen LogP contribution in [0.25, 0.3) is 10.2 Å². The van der Waals surface area contributed by atoms with Crippen LogP contribution in [-0.2, 0) is 16.0 Å². The highest BCUT2D eigenvalue weighted by molar-refractivity contribution is 7.18. The summed E-state index contributed by atoms with van der Waals surface area (Å²) in [6, 6.07) is 7.68. The number of para-hydroxylation sites is 1. The van der Waals surface area contributed by atoms with E-state index in [4.69, 9.17) is 0 Å². The Labute approximate surface area is 129 Å². The van der Waals surface area contributed by atoms with Crippen molar-refractivity contribution in [2.45, 2.75) is 25.6 Å². The van der Waals surface area contributed by atoms with Gasteiger partial charge in [0, 0.05) is 13.0 Å². The van der Waals surface area contributed by atoms with Crippen molar-refractivity contribution in [3.63, 3.8) is 0 Å². The molecule has 1 aromatic heterocycles. The Bertz CT molecular complexity index is 609. The predicted molar refractivity (Wildman–Crippen MR) is 77.8 cm³/mol. The van der Waals surface area contributed by atoms with Gasteiger partial charge < -0.3 is 10.1 Å². The second-order valence-corrected chi connectivity index (χ2v) is 5.80. The summed E-state index contributed by atoms with van der Waals surface area (Å²) in [5.74, 6) is -0.564. The number of carbonyl (C=O) groups is 1. The Morgan fingerprint density at radius 2 is 2.14 bits per heavy atom. The molecule has 1 unspecified atom stereocenters. The van der Waals surface area contributed by atoms with E-state index in [0.29, 0.717) is 13.0 Å². The van der Waals surface area contributed by atoms with Crippen LogP contribution in [-0.4, -0.2) is 36.3 Å². The fourth-order valence-corrected chi connectivity index (χ4v) is 2.73. The minimum Gasteiger partial charge on any atom is -0.359 e. The number of nitrogens with zero attached hydrogens (tertiary/aromatic N) is 1. The Morgan fingerprint density at radius 1 is 1.41 bits per heavy atom. The van der Waals surface area contributed by atoms with E-state index in [-0.39, 0.29) is 0 Å². The van der Waals surface area contributed by atoms with Crippen molar-refractivity contribution in [3.05, 3.63) is 29.3 Å². The van der Waals surface area contributed by atoms with Gasteiger partial charge in [-0.2, -0.15) is 13.2 Å². The van der Waals surface area contributed by atoms with Crippen LogP contribution < -0.4 is 5.32 Å². The van der Waals surface area contributed by atoms with E-state index in [1.807, 2.05) is 24.3 Å². The number of hydrogen-bond donors (Lipinski definition) is 1. The number of fused-ring (bicyclic) bond motifs is 1. The number of nitrogens with one attached hydrogen (secondary N) is 1. The molecule has 2 rings (SSSR count). The monoisotopic (exact) mass is 332 g/mol. The first-order valence-corrected chi connectivity index (χ1v) is 7.47. The number of halogens is 3. The standard InChI is InChI=1S/C14H15F3N2O2S/c1-9(21-8-14(15,16)17)13(20)18-7-6-12-19-10-4-2-3-5-11(10)22-12/h2-5,9H,6-8H2,1H3,(H,18,20). The molecule has 1 atom stereocenters. The first-order valence-electron chi connectivity index (χ1n) is 6.65. The Hall–Kier alpha value is -1.67. The molecule has 0 saturated carbocycles. The zero-order chi connectivity index (χ0) is 16.2. The summed E-state index contributed by atoms with van der Waals surface area (Å²) >= 11 is 1.53. The molecule has 8 heteroatoms. The number of amides is 1. The van der Waals surface area contributed by atoms with Crippen LogP contribution in [0.15, 0.2) is 24.3 Å². The number of carbonyl (C=O) groups excluding carboxylic acids is 1. The third kappa shape index (κ3) is 4.96. The summed E-state index contributed by atoms with van der Waals surface area (Å²) in [6.07, 6.45) is -5.05. The lowest BCUT2D eigenvalue weighted by molar-refractivity contribution is -0.185. The molecule has 1 aromatic carbocycles. The lowest BCUT2D eigenvalue weighted by atomic mass is 10.3. The van der Waals surface area contributed by atoms with E-state index >= 15 is 0 Å². The highest BCUT2D eigenvalue weighted by Gasteiger charge is 2.29. The van der Waals surface area contributed by atoms with Gasteiger partial charge in [0.2, 0.25) is 5.91 Å². The number of hydrogen-bond acceptors (Lipinski definition) is 4. The molecule has 2 aromatic rings. The highest BCUT2D eigenvalue weighted by Crippen LogP contribution is 2.21. The Balaban J connectivity index is 1.76. The van der Waals surface area contributed by atoms with Gasteiger partial charge in [0.1, 0.15) is 12.7 Å². The summed E-state index contributed by atoms with van der Waals surface area (Å²) in [5.41, 5.74) is 0.899. The summed E-state index contributed by atoms with van der Waals surface area (Å²) in [4.78, 5) is 16.0. The largest absolute Gasteiger partial charge is 0.411 e. The first kappa shape index (κ1) is 16.7. The van der Waals surface area contributed by atoms with Gasteiger partial charge in [0.25, 0.3) is 0 Å². The molecule has 0 aliphatic carbocycles. The summed E-state index contributed by atoms with van der Waals surface area (Å²) in [6.45, 7) is 0.163. The Kier molecular flexibility index (Phi) is 5.36. The van der Waals surface area contributed by atoms with Gasteiger partial charge in [-0.1, -0.05) is 12.1 Å². The smallest absolute Gasteiger partial charge is 0.359 e. The molecule has 22 heavy (non-hydrogen) atoms. The van der Waals surface area contributed by atoms with E-state index in [1.165, 1.54) is 18.3 Å². The summed E-state index contributed by atoms with van der Waals surface area (Å²) < 4.78 is 41.5. The quantitative estimate of drug-likeness (QED) is 0.885. The van der Waals surface area contributed by atoms with Crippen molar-refractivity contribution in [1.29, 1.82) is 0 Å². The van der Waals surface area contributed by atoms with Gasteiger partial charge in [-0.05, 0) is 19.1 Å². The van der Waals surface area contributed by atoms with E-state index in [1.54, 1.807) is 0 Å². The van der Waals surface area contributed by atoms with Gasteiger partial charge >= 0.3 is 6.18 Å². The predicted octanol–water partition coefficient (Wildman–Crippen LogP) is 2.92. The molecule has 1 heterocycles. The molecule has 0 aliphatic rings. The third-order valence-corrected chi connectivity index (χ3v) is 3.94. The maximum absolute atomic E-state index is 12.0. The minimum absolute atomic E-state index is 0.304. The number of benzene rings is 1. The van der Waals surface area contributed by atoms with Crippen LogP contribution in [0.3, 0.4) is 0 Å². The van der Waals surface area contributed by atoms with Gasteiger partial charge in [-0.25, -0.2) is 4.98 Å². The van der Waals surface area contributed by atoms with Crippen LogP contribution in [0.1, 0.15) is 11.9 Å². The van der Waals surface area contributed by atoms with Crippen molar-refractivity contribution < 1.29 is 22.7 Å². The number of alkyl halides is 3. The molecule has 0 spiro atoms. The summed E-state index contributed by atoms with van der Waals surface area (Å²) in [5, 5.41) is 3.41. The zero-order valence-corrected chi connectivity index (χ0v) is 12.6. The van der Waals surface area contributed by atoms with Crippen molar-refractivity contribution in [3.8, 4) is 0 Å². The van der Waals surface area contributed by atoms with Crippen LogP contribution in [0.4, 0.5) is 13.2 Å². The minimum atomic E-state index is -4.43. The molecule has 0 bridgehead atoms. The molecule has 1 N–H and O–H groups in total. The first-order chi connectivity index (χ1) is 10.3. The van der Waals surface area contributed by atoms with Crippen LogP contribution in [0, 0.1) is 0 Å². The van der Waals surface area contributed by atoms with Gasteiger partial charge in [0.15, 0.2) is 0 Å². The Morgan fingerprint density at radius 3 is 2.82 bits per heavy atom. The van der Waals surface area contributed by atoms with E-state index in [9.17, 15) is 18.0 Å². The zero-order valence-electron chi connectivity index (χ0n) is 11.8. The number of thiazole rings is 1. The molecule has 0 fully saturated rings. The van der Waals surface area contributed by atoms with E-state index < -0.39 is 24.8 Å². The normalized spacial score (nSPS) is 13.3. The van der Waals surface area contributed by atoms with Crippen molar-refractivity contribution in [2.75, 3.05) is 13.2 Å². The van der Waals surface area contributed by atoms with Crippen LogP contribution in [0.5, 0.6) is 0 Å². The second-order valence-electron chi connectivity index (χ2n) is 4.68. The summed E-state index contributed by atoms with van der Waals surface area (Å²) in [7, 11) is 0. The van der Waals surface area contributed by atoms with Crippen molar-refractivity contribution in [1.82, 2.24) is 10.3 Å². The van der Waals surface area contributed by atoms with Gasteiger partial charge in [-0.3, -0.25) is 4.79 Å². The fourth-order valence-electron chi connectivity index (χ4n) is 1.76. The van der Waals surface area contributed by atoms with Crippen molar-refractivity contribution >= 4 is 27.5 Å². The number of rotatable bonds is 6. The van der Waals surface area contributed by atoms with Crippen LogP contribution >= 0.6 is 11.3 Å². The third-order valence-electron chi connectivity index (χ3n) is 2.84. The lowest BCUT2D eigenvalue weighted by Crippen LogP contribution is -2.37. The average molecular weight is 332 g/mol. The molecular weight excluding hydrogens is 317 g/mol. The highest BCUT2D eigenvalue weighted by atomic mass is 32.1. The van der Waals surface area contributed by atoms with E-state index in [2.05, 4.69) is 15.0 Å². The topological polar surface area (TPSA) is 51.2 Å². The molecule has 4 nitrogen and oxygen atoms in total. The van der Waals surface area contributed by atoms with Crippen molar-refractivity contribution in [2.24, 2.45) is 0 Å². The fraction of sp³-hybridized carbons (Fsp3) is 0.429. The maximum Gasteiger partial charge on any atom is 0.411 e. The number of ether oxygens (including phenoxy) is 1. The molecule has 120 valence electrons. The number of aromatic nitrogens is 1. The van der Waals surface area contributed by atoms with Gasteiger partial charge in [-0.15, -0.1) is 11.3 Å². The molecule has 0 radical (unpaired) electrons. The van der Waals surface area contributed by atoms with Crippen LogP contribution in [0.2, 0.25) is 0 Å². The maximum atomic E-state index is 12.0. The molecule has 1 amide bonds. The van der Waals surface area contributed by atoms with E-state index in [0.717, 1.165) is 15.2 Å². The SMILES string of the molecule is CC(OCC(F)(F)F)C(=O)NCCc1nc2ccccc2s1.